The number of Topliss-reactive ketones (excluding diaryl/α,β-unsaturated/α-hetero) is 1. The SMILES string of the molecule is Cc1cc(Cl)c2oc(C(=O)[C@H](CC(=O)O)NC(=O)[C@@H]3CCCN4C(=O)CCN(NC(=O)c5ccccc5)C(=O)N34)nc2c1. The Morgan fingerprint density at radius 3 is 2.60 bits per heavy atom. The lowest BCUT2D eigenvalue weighted by Gasteiger charge is -2.43. The van der Waals surface area contributed by atoms with E-state index in [-0.39, 0.29) is 47.6 Å². The number of aryl methyl sites for hydroxylation is 1. The molecule has 2 atom stereocenters. The van der Waals surface area contributed by atoms with E-state index in [2.05, 4.69) is 15.7 Å². The van der Waals surface area contributed by atoms with Crippen molar-refractivity contribution in [3.63, 3.8) is 0 Å². The van der Waals surface area contributed by atoms with Crippen LogP contribution in [-0.2, 0) is 14.4 Å². The Balaban J connectivity index is 1.39. The highest BCUT2D eigenvalue weighted by atomic mass is 35.5. The molecule has 5 amide bonds. The second-order valence-corrected chi connectivity index (χ2v) is 10.6. The third-order valence-corrected chi connectivity index (χ3v) is 7.33. The maximum atomic E-state index is 13.6. The number of carbonyl (C=O) groups excluding carboxylic acids is 5. The van der Waals surface area contributed by atoms with Gasteiger partial charge in [0, 0.05) is 18.5 Å². The molecule has 2 aliphatic rings. The molecule has 224 valence electrons. The number of hydrogen-bond acceptors (Lipinski definition) is 8. The van der Waals surface area contributed by atoms with E-state index in [1.807, 2.05) is 0 Å². The fraction of sp³-hybridized carbons (Fsp3) is 0.321. The number of carbonyl (C=O) groups is 6. The first-order valence-corrected chi connectivity index (χ1v) is 13.8. The van der Waals surface area contributed by atoms with Crippen LogP contribution < -0.4 is 10.7 Å². The number of amides is 5. The number of halogens is 1. The molecule has 0 aliphatic carbocycles. The lowest BCUT2D eigenvalue weighted by molar-refractivity contribution is -0.155. The molecule has 1 aromatic heterocycles. The van der Waals surface area contributed by atoms with Crippen molar-refractivity contribution in [3.05, 3.63) is 64.5 Å². The molecular weight excluding hydrogens is 584 g/mol. The summed E-state index contributed by atoms with van der Waals surface area (Å²) in [6, 6.07) is 7.65. The molecule has 15 heteroatoms. The first kappa shape index (κ1) is 29.5. The van der Waals surface area contributed by atoms with E-state index in [9.17, 15) is 33.9 Å². The number of carboxylic acid groups (broad SMARTS) is 1. The first-order valence-electron chi connectivity index (χ1n) is 13.4. The van der Waals surface area contributed by atoms with Gasteiger partial charge in [-0.25, -0.2) is 24.8 Å². The van der Waals surface area contributed by atoms with Gasteiger partial charge in [-0.05, 0) is 49.6 Å². The molecule has 0 radical (unpaired) electrons. The van der Waals surface area contributed by atoms with Crippen molar-refractivity contribution in [2.45, 2.75) is 44.7 Å². The lowest BCUT2D eigenvalue weighted by atomic mass is 10.0. The van der Waals surface area contributed by atoms with Crippen LogP contribution in [0.5, 0.6) is 0 Å². The number of aromatic nitrogens is 1. The monoisotopic (exact) mass is 610 g/mol. The number of urea groups is 1. The molecule has 14 nitrogen and oxygen atoms in total. The van der Waals surface area contributed by atoms with Gasteiger partial charge >= 0.3 is 12.0 Å². The number of benzene rings is 2. The third kappa shape index (κ3) is 6.14. The highest BCUT2D eigenvalue weighted by Gasteiger charge is 2.45. The lowest BCUT2D eigenvalue weighted by Crippen LogP contribution is -2.65. The van der Waals surface area contributed by atoms with E-state index >= 15 is 0 Å². The van der Waals surface area contributed by atoms with E-state index in [0.717, 1.165) is 20.6 Å². The fourth-order valence-corrected chi connectivity index (χ4v) is 5.33. The van der Waals surface area contributed by atoms with Crippen molar-refractivity contribution in [1.82, 2.24) is 30.8 Å². The molecule has 2 aliphatic heterocycles. The van der Waals surface area contributed by atoms with Gasteiger partial charge in [-0.15, -0.1) is 0 Å². The predicted molar refractivity (Wildman–Crippen MR) is 149 cm³/mol. The zero-order valence-corrected chi connectivity index (χ0v) is 23.7. The highest BCUT2D eigenvalue weighted by molar-refractivity contribution is 6.34. The van der Waals surface area contributed by atoms with Crippen LogP contribution >= 0.6 is 11.6 Å². The second kappa shape index (κ2) is 12.1. The Kier molecular flexibility index (Phi) is 8.30. The second-order valence-electron chi connectivity index (χ2n) is 10.1. The largest absolute Gasteiger partial charge is 0.481 e. The Morgan fingerprint density at radius 2 is 1.88 bits per heavy atom. The van der Waals surface area contributed by atoms with Crippen LogP contribution in [0.3, 0.4) is 0 Å². The molecule has 0 spiro atoms. The van der Waals surface area contributed by atoms with Crippen molar-refractivity contribution in [2.75, 3.05) is 13.1 Å². The van der Waals surface area contributed by atoms with Crippen LogP contribution in [0.15, 0.2) is 46.9 Å². The van der Waals surface area contributed by atoms with E-state index < -0.39 is 59.9 Å². The van der Waals surface area contributed by atoms with Crippen LogP contribution in [0.4, 0.5) is 4.79 Å². The summed E-state index contributed by atoms with van der Waals surface area (Å²) in [5.41, 5.74) is 3.94. The minimum Gasteiger partial charge on any atom is -0.481 e. The van der Waals surface area contributed by atoms with Crippen molar-refractivity contribution in [3.8, 4) is 0 Å². The molecule has 5 rings (SSSR count). The number of carboxylic acids is 1. The van der Waals surface area contributed by atoms with Crippen molar-refractivity contribution >= 4 is 58.2 Å². The van der Waals surface area contributed by atoms with Crippen LogP contribution in [0.2, 0.25) is 5.02 Å². The summed E-state index contributed by atoms with van der Waals surface area (Å²) in [5.74, 6) is -4.65. The smallest absolute Gasteiger partial charge is 0.358 e. The minimum absolute atomic E-state index is 0.105. The zero-order valence-electron chi connectivity index (χ0n) is 22.9. The normalized spacial score (nSPS) is 17.7. The maximum Gasteiger partial charge on any atom is 0.358 e. The molecule has 0 unspecified atom stereocenters. The molecule has 0 bridgehead atoms. The van der Waals surface area contributed by atoms with Crippen molar-refractivity contribution in [2.24, 2.45) is 0 Å². The van der Waals surface area contributed by atoms with Gasteiger partial charge in [0.1, 0.15) is 17.6 Å². The number of oxazole rings is 1. The van der Waals surface area contributed by atoms with E-state index in [1.165, 1.54) is 0 Å². The molecule has 43 heavy (non-hydrogen) atoms. The average molecular weight is 611 g/mol. The van der Waals surface area contributed by atoms with Gasteiger partial charge < -0.3 is 14.8 Å². The highest BCUT2D eigenvalue weighted by Crippen LogP contribution is 2.27. The number of hydrogen-bond donors (Lipinski definition) is 3. The van der Waals surface area contributed by atoms with Gasteiger partial charge in [-0.3, -0.25) is 29.4 Å². The average Bonchev–Trinajstić information content (AvgIpc) is 3.37. The summed E-state index contributed by atoms with van der Waals surface area (Å²) in [5, 5.41) is 15.2. The van der Waals surface area contributed by atoms with Crippen LogP contribution in [0, 0.1) is 6.92 Å². The summed E-state index contributed by atoms with van der Waals surface area (Å²) in [6.07, 6.45) is -0.470. The predicted octanol–water partition coefficient (Wildman–Crippen LogP) is 2.31. The number of hydrazine groups is 2. The molecule has 3 N–H and O–H groups in total. The van der Waals surface area contributed by atoms with E-state index in [1.54, 1.807) is 49.4 Å². The van der Waals surface area contributed by atoms with Gasteiger partial charge in [-0.1, -0.05) is 29.8 Å². The zero-order chi connectivity index (χ0) is 30.8. The Bertz CT molecular complexity index is 1630. The number of aliphatic carboxylic acids is 1. The molecule has 3 aromatic rings. The van der Waals surface area contributed by atoms with Crippen molar-refractivity contribution < 1.29 is 38.3 Å². The topological polar surface area (TPSA) is 182 Å². The summed E-state index contributed by atoms with van der Waals surface area (Å²) in [6.45, 7) is 1.78. The summed E-state index contributed by atoms with van der Waals surface area (Å²) in [4.78, 5) is 82.1. The van der Waals surface area contributed by atoms with Gasteiger partial charge in [-0.2, -0.15) is 0 Å². The van der Waals surface area contributed by atoms with Gasteiger partial charge in [0.2, 0.25) is 17.6 Å². The van der Waals surface area contributed by atoms with Crippen LogP contribution in [0.25, 0.3) is 11.1 Å². The molecule has 0 saturated carbocycles. The van der Waals surface area contributed by atoms with E-state index in [4.69, 9.17) is 16.0 Å². The molecule has 2 fully saturated rings. The third-order valence-electron chi connectivity index (χ3n) is 7.05. The standard InChI is InChI=1S/C28H27ClN6O8/c1-15-12-17(29)24-19(13-15)31-27(43-24)23(39)18(14-22(37)38)30-26(41)20-8-5-10-34-21(36)9-11-33(28(42)35(20)34)32-25(40)16-6-3-2-4-7-16/h2-4,6-7,12-13,18,20H,5,8-11,14H2,1H3,(H,30,41)(H,32,40)(H,37,38)/t18-,20-/m0/s1. The summed E-state index contributed by atoms with van der Waals surface area (Å²) in [7, 11) is 0. The molecule has 2 aromatic carbocycles. The maximum absolute atomic E-state index is 13.6. The minimum atomic E-state index is -1.61. The Hall–Kier alpha value is -4.98. The molecular formula is C28H27ClN6O8. The van der Waals surface area contributed by atoms with Crippen LogP contribution in [0.1, 0.15) is 52.3 Å². The summed E-state index contributed by atoms with van der Waals surface area (Å²) < 4.78 is 5.53. The number of nitrogens with zero attached hydrogens (tertiary/aromatic N) is 4. The van der Waals surface area contributed by atoms with Crippen molar-refractivity contribution in [1.29, 1.82) is 0 Å². The van der Waals surface area contributed by atoms with E-state index in [0.29, 0.717) is 6.42 Å². The van der Waals surface area contributed by atoms with Crippen LogP contribution in [-0.4, -0.2) is 85.8 Å². The molecule has 3 heterocycles. The summed E-state index contributed by atoms with van der Waals surface area (Å²) >= 11 is 6.20. The quantitative estimate of drug-likeness (QED) is 0.322. The number of nitrogens with one attached hydrogen (secondary N) is 2. The molecule has 2 saturated heterocycles. The fourth-order valence-electron chi connectivity index (χ4n) is 5.02. The number of rotatable bonds is 8. The van der Waals surface area contributed by atoms with Gasteiger partial charge in [0.05, 0.1) is 18.0 Å². The van der Waals surface area contributed by atoms with Gasteiger partial charge in [0.25, 0.3) is 11.8 Å². The Labute approximate surface area is 249 Å². The number of fused-ring (bicyclic) bond motifs is 2. The number of ketones is 1. The Morgan fingerprint density at radius 1 is 1.14 bits per heavy atom. The first-order chi connectivity index (χ1) is 20.5. The van der Waals surface area contributed by atoms with Gasteiger partial charge in [0.15, 0.2) is 5.58 Å².